The molecule has 0 spiro atoms. The van der Waals surface area contributed by atoms with Crippen molar-refractivity contribution in [3.8, 4) is 0 Å². The molecule has 0 atom stereocenters. The Balaban J connectivity index is 1.83. The third-order valence-corrected chi connectivity index (χ3v) is 3.29. The van der Waals surface area contributed by atoms with Crippen molar-refractivity contribution < 1.29 is 9.53 Å². The summed E-state index contributed by atoms with van der Waals surface area (Å²) in [7, 11) is 1.95. The lowest BCUT2D eigenvalue weighted by Gasteiger charge is -2.35. The number of ether oxygens (including phenoxy) is 1. The fourth-order valence-electron chi connectivity index (χ4n) is 2.33. The molecule has 1 saturated heterocycles. The smallest absolute Gasteiger partial charge is 0.424 e. The maximum absolute atomic E-state index is 11.8. The number of hydrogen-bond donors (Lipinski definition) is 0. The predicted molar refractivity (Wildman–Crippen MR) is 57.3 cm³/mol. The molecule has 2 rings (SSSR count). The van der Waals surface area contributed by atoms with Crippen molar-refractivity contribution in [2.75, 3.05) is 20.1 Å². The van der Waals surface area contributed by atoms with Crippen LogP contribution in [0.25, 0.3) is 0 Å². The van der Waals surface area contributed by atoms with Crippen LogP contribution in [0.2, 0.25) is 0 Å². The van der Waals surface area contributed by atoms with Gasteiger partial charge in [-0.15, -0.1) is 0 Å². The van der Waals surface area contributed by atoms with Gasteiger partial charge in [-0.05, 0) is 38.5 Å². The Morgan fingerprint density at radius 3 is 2.47 bits per heavy atom. The van der Waals surface area contributed by atoms with Crippen LogP contribution in [0.4, 0.5) is 4.79 Å². The van der Waals surface area contributed by atoms with Gasteiger partial charge in [0.15, 0.2) is 0 Å². The molecule has 86 valence electrons. The first-order valence-electron chi connectivity index (χ1n) is 5.96. The van der Waals surface area contributed by atoms with Crippen LogP contribution in [0.1, 0.15) is 38.5 Å². The second kappa shape index (κ2) is 4.84. The van der Waals surface area contributed by atoms with Crippen molar-refractivity contribution in [1.82, 2.24) is 10.0 Å². The molecule has 4 heteroatoms. The van der Waals surface area contributed by atoms with Crippen LogP contribution in [0.5, 0.6) is 0 Å². The third-order valence-electron chi connectivity index (χ3n) is 3.29. The molecule has 4 nitrogen and oxygen atoms in total. The Kier molecular flexibility index (Phi) is 3.46. The number of rotatable bonds is 1. The fourth-order valence-corrected chi connectivity index (χ4v) is 2.33. The molecule has 1 aliphatic carbocycles. The van der Waals surface area contributed by atoms with Crippen LogP contribution in [0.15, 0.2) is 0 Å². The molecule has 0 aromatic rings. The zero-order chi connectivity index (χ0) is 10.7. The molecule has 2 fully saturated rings. The van der Waals surface area contributed by atoms with Gasteiger partial charge < -0.3 is 4.74 Å². The number of carbonyl (C=O) groups excluding carboxylic acids is 1. The minimum Gasteiger partial charge on any atom is -0.445 e. The number of hydrogen-bond acceptors (Lipinski definition) is 3. The largest absolute Gasteiger partial charge is 0.445 e. The van der Waals surface area contributed by atoms with E-state index < -0.39 is 0 Å². The number of hydrazine groups is 1. The molecule has 1 aliphatic heterocycles. The molecular formula is C11H20N2O2. The summed E-state index contributed by atoms with van der Waals surface area (Å²) in [6.07, 6.45) is 6.78. The highest BCUT2D eigenvalue weighted by Gasteiger charge is 2.26. The fraction of sp³-hybridized carbons (Fsp3) is 0.909. The maximum atomic E-state index is 11.8. The van der Waals surface area contributed by atoms with E-state index in [2.05, 4.69) is 0 Å². The molecule has 1 saturated carbocycles. The monoisotopic (exact) mass is 212 g/mol. The summed E-state index contributed by atoms with van der Waals surface area (Å²) in [5.41, 5.74) is 0. The van der Waals surface area contributed by atoms with Crippen LogP contribution in [-0.4, -0.2) is 42.4 Å². The molecule has 0 radical (unpaired) electrons. The van der Waals surface area contributed by atoms with Crippen molar-refractivity contribution in [2.45, 2.75) is 44.6 Å². The molecule has 0 N–H and O–H groups in total. The summed E-state index contributed by atoms with van der Waals surface area (Å²) >= 11 is 0. The zero-order valence-electron chi connectivity index (χ0n) is 9.45. The van der Waals surface area contributed by atoms with E-state index in [4.69, 9.17) is 4.74 Å². The van der Waals surface area contributed by atoms with Crippen molar-refractivity contribution in [2.24, 2.45) is 0 Å². The van der Waals surface area contributed by atoms with Gasteiger partial charge in [-0.25, -0.2) is 14.8 Å². The highest BCUT2D eigenvalue weighted by molar-refractivity contribution is 5.67. The average Bonchev–Trinajstić information content (AvgIpc) is 2.71. The molecule has 0 aromatic carbocycles. The van der Waals surface area contributed by atoms with E-state index in [1.54, 1.807) is 5.01 Å². The van der Waals surface area contributed by atoms with Crippen LogP contribution < -0.4 is 0 Å². The summed E-state index contributed by atoms with van der Waals surface area (Å²) < 4.78 is 5.47. The minimum atomic E-state index is -0.149. The maximum Gasteiger partial charge on any atom is 0.424 e. The van der Waals surface area contributed by atoms with Gasteiger partial charge in [-0.1, -0.05) is 0 Å². The lowest BCUT2D eigenvalue weighted by atomic mass is 10.2. The number of nitrogens with zero attached hydrogens (tertiary/aromatic N) is 2. The quantitative estimate of drug-likeness (QED) is 0.666. The third kappa shape index (κ3) is 2.62. The van der Waals surface area contributed by atoms with Gasteiger partial charge in [0, 0.05) is 20.1 Å². The Bertz CT molecular complexity index is 227. The standard InChI is InChI=1S/C11H20N2O2/c1-12-8-4-5-9-13(12)11(14)15-10-6-2-3-7-10/h10H,2-9H2,1H3. The second-order valence-corrected chi connectivity index (χ2v) is 4.50. The first-order valence-corrected chi connectivity index (χ1v) is 5.96. The van der Waals surface area contributed by atoms with E-state index in [-0.39, 0.29) is 12.2 Å². The molecule has 1 amide bonds. The van der Waals surface area contributed by atoms with E-state index in [1.165, 1.54) is 19.3 Å². The Labute approximate surface area is 91.1 Å². The highest BCUT2D eigenvalue weighted by Crippen LogP contribution is 2.22. The molecular weight excluding hydrogens is 192 g/mol. The summed E-state index contributed by atoms with van der Waals surface area (Å²) in [5.74, 6) is 0. The normalized spacial score (nSPS) is 24.5. The summed E-state index contributed by atoms with van der Waals surface area (Å²) in [5, 5.41) is 3.71. The number of amides is 1. The van der Waals surface area contributed by atoms with Gasteiger partial charge in [0.25, 0.3) is 0 Å². The summed E-state index contributed by atoms with van der Waals surface area (Å²) in [6, 6.07) is 0. The Morgan fingerprint density at radius 1 is 1.13 bits per heavy atom. The van der Waals surface area contributed by atoms with Gasteiger partial charge in [0.2, 0.25) is 0 Å². The lowest BCUT2D eigenvalue weighted by Crippen LogP contribution is -2.49. The number of carbonyl (C=O) groups is 1. The van der Waals surface area contributed by atoms with Crippen LogP contribution in [0, 0.1) is 0 Å². The van der Waals surface area contributed by atoms with Crippen molar-refractivity contribution in [3.05, 3.63) is 0 Å². The van der Waals surface area contributed by atoms with Crippen LogP contribution in [-0.2, 0) is 4.74 Å². The van der Waals surface area contributed by atoms with E-state index in [0.717, 1.165) is 32.4 Å². The van der Waals surface area contributed by atoms with E-state index in [9.17, 15) is 4.79 Å². The SMILES string of the molecule is CN1CCCCN1C(=O)OC1CCCC1. The predicted octanol–water partition coefficient (Wildman–Crippen LogP) is 2.01. The second-order valence-electron chi connectivity index (χ2n) is 4.50. The first-order chi connectivity index (χ1) is 7.27. The van der Waals surface area contributed by atoms with Crippen LogP contribution in [0.3, 0.4) is 0 Å². The lowest BCUT2D eigenvalue weighted by molar-refractivity contribution is -0.0362. The molecule has 0 bridgehead atoms. The molecule has 0 aromatic heterocycles. The Morgan fingerprint density at radius 2 is 1.80 bits per heavy atom. The van der Waals surface area contributed by atoms with Gasteiger partial charge >= 0.3 is 6.09 Å². The van der Waals surface area contributed by atoms with Crippen molar-refractivity contribution in [3.63, 3.8) is 0 Å². The highest BCUT2D eigenvalue weighted by atomic mass is 16.6. The minimum absolute atomic E-state index is 0.149. The van der Waals surface area contributed by atoms with E-state index in [0.29, 0.717) is 0 Å². The Hall–Kier alpha value is -0.770. The molecule has 2 aliphatic rings. The van der Waals surface area contributed by atoms with E-state index >= 15 is 0 Å². The van der Waals surface area contributed by atoms with E-state index in [1.807, 2.05) is 12.1 Å². The summed E-state index contributed by atoms with van der Waals surface area (Å²) in [6.45, 7) is 1.77. The molecule has 1 heterocycles. The summed E-state index contributed by atoms with van der Waals surface area (Å²) in [4.78, 5) is 11.8. The van der Waals surface area contributed by atoms with Gasteiger partial charge in [0.1, 0.15) is 6.10 Å². The zero-order valence-corrected chi connectivity index (χ0v) is 9.45. The van der Waals surface area contributed by atoms with Crippen molar-refractivity contribution in [1.29, 1.82) is 0 Å². The first kappa shape index (κ1) is 10.7. The average molecular weight is 212 g/mol. The van der Waals surface area contributed by atoms with Crippen LogP contribution >= 0.6 is 0 Å². The molecule has 0 unspecified atom stereocenters. The van der Waals surface area contributed by atoms with Gasteiger partial charge in [-0.3, -0.25) is 0 Å². The topological polar surface area (TPSA) is 32.8 Å². The van der Waals surface area contributed by atoms with Crippen molar-refractivity contribution >= 4 is 6.09 Å². The van der Waals surface area contributed by atoms with Gasteiger partial charge in [0.05, 0.1) is 0 Å². The molecule has 15 heavy (non-hydrogen) atoms. The van der Waals surface area contributed by atoms with Gasteiger partial charge in [-0.2, -0.15) is 0 Å².